The first-order chi connectivity index (χ1) is 20.6. The van der Waals surface area contributed by atoms with E-state index in [1.807, 2.05) is 67.6 Å². The number of amides is 2. The van der Waals surface area contributed by atoms with Gasteiger partial charge in [-0.3, -0.25) is 13.9 Å². The second-order valence-corrected chi connectivity index (χ2v) is 12.3. The van der Waals surface area contributed by atoms with Crippen LogP contribution < -0.4 is 14.4 Å². The zero-order valence-electron chi connectivity index (χ0n) is 24.2. The minimum atomic E-state index is -4.29. The summed E-state index contributed by atoms with van der Waals surface area (Å²) < 4.78 is 34.8. The zero-order valence-corrected chi connectivity index (χ0v) is 25.8. The van der Waals surface area contributed by atoms with Gasteiger partial charge in [0.25, 0.3) is 10.0 Å². The summed E-state index contributed by atoms with van der Waals surface area (Å²) in [6.45, 7) is 1.32. The molecule has 0 bridgehead atoms. The molecular weight excluding hydrogens is 586 g/mol. The molecule has 10 heteroatoms. The standard InChI is InChI=1S/C33H34ClN3O5S/c1-24-14-17-28(18-15-24)43(40,41)37(29-21-27(34)16-19-31(29)42-3)23-32(38)36(22-26-12-8-5-9-13-26)30(33(39)35-2)20-25-10-6-4-7-11-25/h4-19,21,30H,20,22-23H2,1-3H3,(H,35,39)/t30-/m1/s1. The van der Waals surface area contributed by atoms with Crippen LogP contribution in [-0.2, 0) is 32.6 Å². The Hall–Kier alpha value is -4.34. The number of carbonyl (C=O) groups excluding carboxylic acids is 2. The molecule has 0 spiro atoms. The van der Waals surface area contributed by atoms with Gasteiger partial charge in [0.1, 0.15) is 18.3 Å². The summed E-state index contributed by atoms with van der Waals surface area (Å²) in [5, 5.41) is 2.94. The Morgan fingerprint density at radius 2 is 1.49 bits per heavy atom. The Bertz CT molecular complexity index is 1650. The monoisotopic (exact) mass is 619 g/mol. The summed E-state index contributed by atoms with van der Waals surface area (Å²) in [5.74, 6) is -0.734. The third kappa shape index (κ3) is 7.74. The number of rotatable bonds is 12. The van der Waals surface area contributed by atoms with Crippen LogP contribution in [0.25, 0.3) is 0 Å². The number of halogens is 1. The van der Waals surface area contributed by atoms with E-state index in [-0.39, 0.29) is 40.2 Å². The molecule has 43 heavy (non-hydrogen) atoms. The summed E-state index contributed by atoms with van der Waals surface area (Å²) in [6.07, 6.45) is 0.226. The van der Waals surface area contributed by atoms with E-state index in [0.717, 1.165) is 21.0 Å². The normalized spacial score (nSPS) is 11.8. The van der Waals surface area contributed by atoms with E-state index >= 15 is 0 Å². The first kappa shape index (κ1) is 31.6. The number of aryl methyl sites for hydroxylation is 1. The number of likely N-dealkylation sites (N-methyl/N-ethyl adjacent to an activating group) is 1. The van der Waals surface area contributed by atoms with E-state index in [4.69, 9.17) is 16.3 Å². The van der Waals surface area contributed by atoms with Gasteiger partial charge in [0.15, 0.2) is 0 Å². The average molecular weight is 620 g/mol. The number of anilines is 1. The fourth-order valence-electron chi connectivity index (χ4n) is 4.71. The summed E-state index contributed by atoms with van der Waals surface area (Å²) in [5.41, 5.74) is 2.61. The summed E-state index contributed by atoms with van der Waals surface area (Å²) >= 11 is 6.32. The van der Waals surface area contributed by atoms with Crippen molar-refractivity contribution >= 4 is 39.1 Å². The number of nitrogens with zero attached hydrogens (tertiary/aromatic N) is 2. The van der Waals surface area contributed by atoms with Crippen LogP contribution in [0.15, 0.2) is 108 Å². The zero-order chi connectivity index (χ0) is 31.0. The summed E-state index contributed by atoms with van der Waals surface area (Å²) in [4.78, 5) is 29.1. The SMILES string of the molecule is CNC(=O)[C@@H](Cc1ccccc1)N(Cc1ccccc1)C(=O)CN(c1cc(Cl)ccc1OC)S(=O)(=O)c1ccc(C)cc1. The van der Waals surface area contributed by atoms with Crippen LogP contribution in [0.3, 0.4) is 0 Å². The maximum Gasteiger partial charge on any atom is 0.264 e. The highest BCUT2D eigenvalue weighted by atomic mass is 35.5. The van der Waals surface area contributed by atoms with Crippen molar-refractivity contribution in [2.24, 2.45) is 0 Å². The number of benzene rings is 4. The second-order valence-electron chi connectivity index (χ2n) is 9.97. The van der Waals surface area contributed by atoms with Crippen molar-refractivity contribution in [1.82, 2.24) is 10.2 Å². The third-order valence-corrected chi connectivity index (χ3v) is 9.02. The largest absolute Gasteiger partial charge is 0.495 e. The number of carbonyl (C=O) groups is 2. The molecule has 0 heterocycles. The maximum absolute atomic E-state index is 14.4. The van der Waals surface area contributed by atoms with Gasteiger partial charge in [0.2, 0.25) is 11.8 Å². The van der Waals surface area contributed by atoms with Gasteiger partial charge in [-0.25, -0.2) is 8.42 Å². The highest BCUT2D eigenvalue weighted by Crippen LogP contribution is 2.35. The molecule has 4 aromatic rings. The van der Waals surface area contributed by atoms with E-state index in [2.05, 4.69) is 5.32 Å². The molecule has 0 fully saturated rings. The van der Waals surface area contributed by atoms with Crippen LogP contribution in [0.5, 0.6) is 5.75 Å². The number of nitrogens with one attached hydrogen (secondary N) is 1. The third-order valence-electron chi connectivity index (χ3n) is 7.01. The van der Waals surface area contributed by atoms with Gasteiger partial charge >= 0.3 is 0 Å². The molecule has 8 nitrogen and oxygen atoms in total. The molecule has 0 aliphatic rings. The van der Waals surface area contributed by atoms with E-state index in [0.29, 0.717) is 0 Å². The Kier molecular flexibility index (Phi) is 10.4. The number of sulfonamides is 1. The van der Waals surface area contributed by atoms with Crippen LogP contribution >= 0.6 is 11.6 Å². The van der Waals surface area contributed by atoms with Crippen LogP contribution in [0.2, 0.25) is 5.02 Å². The lowest BCUT2D eigenvalue weighted by Gasteiger charge is -2.34. The molecule has 0 saturated heterocycles. The fraction of sp³-hybridized carbons (Fsp3) is 0.212. The lowest BCUT2D eigenvalue weighted by Crippen LogP contribution is -2.53. The van der Waals surface area contributed by atoms with Crippen molar-refractivity contribution in [2.75, 3.05) is 25.0 Å². The van der Waals surface area contributed by atoms with Crippen LogP contribution in [0, 0.1) is 6.92 Å². The molecule has 2 amide bonds. The van der Waals surface area contributed by atoms with Gasteiger partial charge in [0, 0.05) is 25.0 Å². The van der Waals surface area contributed by atoms with Crippen molar-refractivity contribution in [3.8, 4) is 5.75 Å². The Labute approximate surface area is 257 Å². The number of methoxy groups -OCH3 is 1. The fourth-order valence-corrected chi connectivity index (χ4v) is 6.29. The molecule has 0 aliphatic heterocycles. The minimum absolute atomic E-state index is 0.00493. The van der Waals surface area contributed by atoms with Crippen molar-refractivity contribution in [3.05, 3.63) is 125 Å². The molecule has 0 aromatic heterocycles. The first-order valence-electron chi connectivity index (χ1n) is 13.7. The van der Waals surface area contributed by atoms with Crippen molar-refractivity contribution in [1.29, 1.82) is 0 Å². The minimum Gasteiger partial charge on any atom is -0.495 e. The lowest BCUT2D eigenvalue weighted by atomic mass is 10.0. The van der Waals surface area contributed by atoms with Crippen molar-refractivity contribution in [2.45, 2.75) is 30.8 Å². The van der Waals surface area contributed by atoms with Crippen molar-refractivity contribution < 1.29 is 22.7 Å². The average Bonchev–Trinajstić information content (AvgIpc) is 3.02. The van der Waals surface area contributed by atoms with Gasteiger partial charge < -0.3 is 15.0 Å². The Balaban J connectivity index is 1.83. The Morgan fingerprint density at radius 3 is 2.07 bits per heavy atom. The molecule has 4 aromatic carbocycles. The molecular formula is C33H34ClN3O5S. The molecule has 0 unspecified atom stereocenters. The van der Waals surface area contributed by atoms with Gasteiger partial charge in [0.05, 0.1) is 17.7 Å². The molecule has 224 valence electrons. The number of hydrogen-bond donors (Lipinski definition) is 1. The summed E-state index contributed by atoms with van der Waals surface area (Å²) in [6, 6.07) is 28.6. The van der Waals surface area contributed by atoms with E-state index < -0.39 is 28.5 Å². The highest BCUT2D eigenvalue weighted by molar-refractivity contribution is 7.92. The smallest absolute Gasteiger partial charge is 0.264 e. The van der Waals surface area contributed by atoms with E-state index in [9.17, 15) is 18.0 Å². The topological polar surface area (TPSA) is 96.0 Å². The molecule has 1 atom stereocenters. The highest BCUT2D eigenvalue weighted by Gasteiger charge is 2.35. The van der Waals surface area contributed by atoms with E-state index in [1.165, 1.54) is 37.3 Å². The second kappa shape index (κ2) is 14.2. The number of ether oxygens (including phenoxy) is 1. The quantitative estimate of drug-likeness (QED) is 0.234. The van der Waals surface area contributed by atoms with Gasteiger partial charge in [-0.1, -0.05) is 90.0 Å². The van der Waals surface area contributed by atoms with Gasteiger partial charge in [-0.2, -0.15) is 0 Å². The van der Waals surface area contributed by atoms with Gasteiger partial charge in [-0.05, 0) is 48.4 Å². The van der Waals surface area contributed by atoms with Gasteiger partial charge in [-0.15, -0.1) is 0 Å². The molecule has 1 N–H and O–H groups in total. The predicted octanol–water partition coefficient (Wildman–Crippen LogP) is 5.24. The Morgan fingerprint density at radius 1 is 0.884 bits per heavy atom. The maximum atomic E-state index is 14.4. The molecule has 0 radical (unpaired) electrons. The van der Waals surface area contributed by atoms with Crippen LogP contribution in [-0.4, -0.2) is 51.9 Å². The lowest BCUT2D eigenvalue weighted by molar-refractivity contribution is -0.139. The molecule has 4 rings (SSSR count). The molecule has 0 saturated carbocycles. The van der Waals surface area contributed by atoms with Crippen LogP contribution in [0.1, 0.15) is 16.7 Å². The predicted molar refractivity (Wildman–Crippen MR) is 169 cm³/mol. The molecule has 0 aliphatic carbocycles. The van der Waals surface area contributed by atoms with Crippen molar-refractivity contribution in [3.63, 3.8) is 0 Å². The summed E-state index contributed by atoms with van der Waals surface area (Å²) in [7, 11) is -1.36. The van der Waals surface area contributed by atoms with Crippen LogP contribution in [0.4, 0.5) is 5.69 Å². The first-order valence-corrected chi connectivity index (χ1v) is 15.5. The van der Waals surface area contributed by atoms with E-state index in [1.54, 1.807) is 24.3 Å². The number of hydrogen-bond acceptors (Lipinski definition) is 5.